The van der Waals surface area contributed by atoms with E-state index >= 15 is 0 Å². The number of hydrogen-bond acceptors (Lipinski definition) is 3. The van der Waals surface area contributed by atoms with Crippen LogP contribution in [0.25, 0.3) is 0 Å². The zero-order chi connectivity index (χ0) is 12.3. The highest BCUT2D eigenvalue weighted by Crippen LogP contribution is 2.15. The average Bonchev–Trinajstić information content (AvgIpc) is 2.33. The average molecular weight is 234 g/mol. The summed E-state index contributed by atoms with van der Waals surface area (Å²) in [7, 11) is 1.60. The van der Waals surface area contributed by atoms with Gasteiger partial charge in [-0.05, 0) is 17.7 Å². The molecule has 1 saturated heterocycles. The van der Waals surface area contributed by atoms with E-state index < -0.39 is 0 Å². The summed E-state index contributed by atoms with van der Waals surface area (Å²) in [6.07, 6.45) is 0.357. The smallest absolute Gasteiger partial charge is 0.324 e. The second-order valence-corrected chi connectivity index (χ2v) is 3.88. The minimum atomic E-state index is -0.330. The van der Waals surface area contributed by atoms with E-state index in [-0.39, 0.29) is 11.9 Å². The topological polar surface area (TPSA) is 58.6 Å². The molecule has 5 nitrogen and oxygen atoms in total. The van der Waals surface area contributed by atoms with Crippen LogP contribution >= 0.6 is 0 Å². The van der Waals surface area contributed by atoms with Crippen molar-refractivity contribution in [2.75, 3.05) is 13.7 Å². The summed E-state index contributed by atoms with van der Waals surface area (Å²) in [4.78, 5) is 24.1. The van der Waals surface area contributed by atoms with Crippen LogP contribution in [0.2, 0.25) is 0 Å². The third kappa shape index (κ3) is 2.75. The summed E-state index contributed by atoms with van der Waals surface area (Å²) in [6.45, 7) is 0.943. The molecule has 1 aromatic carbocycles. The Morgan fingerprint density at radius 1 is 1.41 bits per heavy atom. The molecule has 5 heteroatoms. The molecule has 0 atom stereocenters. The van der Waals surface area contributed by atoms with Crippen LogP contribution in [-0.4, -0.2) is 30.5 Å². The lowest BCUT2D eigenvalue weighted by molar-refractivity contribution is -0.121. The maximum atomic E-state index is 11.5. The molecular formula is C12H14N2O3. The van der Waals surface area contributed by atoms with Crippen LogP contribution in [0.4, 0.5) is 4.79 Å². The molecule has 0 saturated carbocycles. The van der Waals surface area contributed by atoms with E-state index in [1.165, 1.54) is 0 Å². The van der Waals surface area contributed by atoms with Gasteiger partial charge in [0, 0.05) is 19.5 Å². The molecule has 1 aliphatic heterocycles. The van der Waals surface area contributed by atoms with Gasteiger partial charge < -0.3 is 9.64 Å². The molecule has 1 N–H and O–H groups in total. The second kappa shape index (κ2) is 4.86. The Balaban J connectivity index is 2.05. The van der Waals surface area contributed by atoms with Crippen LogP contribution in [0.5, 0.6) is 5.75 Å². The van der Waals surface area contributed by atoms with Gasteiger partial charge >= 0.3 is 6.03 Å². The van der Waals surface area contributed by atoms with Crippen molar-refractivity contribution < 1.29 is 14.3 Å². The van der Waals surface area contributed by atoms with Gasteiger partial charge in [0.15, 0.2) is 0 Å². The number of nitrogens with one attached hydrogen (secondary N) is 1. The molecule has 0 aromatic heterocycles. The van der Waals surface area contributed by atoms with Crippen molar-refractivity contribution >= 4 is 11.9 Å². The van der Waals surface area contributed by atoms with Gasteiger partial charge in [0.05, 0.1) is 7.11 Å². The van der Waals surface area contributed by atoms with Crippen LogP contribution in [0.1, 0.15) is 12.0 Å². The largest absolute Gasteiger partial charge is 0.497 e. The predicted molar refractivity (Wildman–Crippen MR) is 61.6 cm³/mol. The number of imide groups is 1. The summed E-state index contributed by atoms with van der Waals surface area (Å²) in [5.74, 6) is 0.549. The van der Waals surface area contributed by atoms with Crippen LogP contribution < -0.4 is 10.1 Å². The maximum absolute atomic E-state index is 11.5. The summed E-state index contributed by atoms with van der Waals surface area (Å²) >= 11 is 0. The Kier molecular flexibility index (Phi) is 3.27. The molecule has 0 radical (unpaired) electrons. The van der Waals surface area contributed by atoms with Crippen molar-refractivity contribution in [1.82, 2.24) is 10.2 Å². The van der Waals surface area contributed by atoms with Crippen molar-refractivity contribution in [1.29, 1.82) is 0 Å². The highest BCUT2D eigenvalue weighted by Gasteiger charge is 2.22. The molecule has 0 unspecified atom stereocenters. The molecular weight excluding hydrogens is 220 g/mol. The fourth-order valence-electron chi connectivity index (χ4n) is 1.74. The van der Waals surface area contributed by atoms with Gasteiger partial charge in [-0.1, -0.05) is 12.1 Å². The normalized spacial score (nSPS) is 15.7. The molecule has 3 amide bonds. The molecule has 1 heterocycles. The Hall–Kier alpha value is -2.04. The third-order valence-corrected chi connectivity index (χ3v) is 2.65. The van der Waals surface area contributed by atoms with Crippen molar-refractivity contribution in [3.8, 4) is 5.75 Å². The first-order valence-electron chi connectivity index (χ1n) is 5.41. The highest BCUT2D eigenvalue weighted by atomic mass is 16.5. The van der Waals surface area contributed by atoms with Crippen LogP contribution in [0, 0.1) is 0 Å². The lowest BCUT2D eigenvalue weighted by Gasteiger charge is -2.26. The number of carbonyl (C=O) groups is 2. The minimum Gasteiger partial charge on any atom is -0.497 e. The Labute approximate surface area is 99.4 Å². The van der Waals surface area contributed by atoms with Crippen LogP contribution in [0.3, 0.4) is 0 Å². The van der Waals surface area contributed by atoms with E-state index in [9.17, 15) is 9.59 Å². The number of carbonyl (C=O) groups excluding carboxylic acids is 2. The first-order valence-corrected chi connectivity index (χ1v) is 5.41. The van der Waals surface area contributed by atoms with Crippen molar-refractivity contribution in [3.05, 3.63) is 29.8 Å². The van der Waals surface area contributed by atoms with Gasteiger partial charge in [-0.25, -0.2) is 4.79 Å². The molecule has 2 rings (SSSR count). The monoisotopic (exact) mass is 234 g/mol. The summed E-state index contributed by atoms with van der Waals surface area (Å²) < 4.78 is 5.11. The Morgan fingerprint density at radius 3 is 2.94 bits per heavy atom. The molecule has 0 spiro atoms. The molecule has 90 valence electrons. The van der Waals surface area contributed by atoms with E-state index in [0.717, 1.165) is 11.3 Å². The standard InChI is InChI=1S/C12H14N2O3/c1-17-10-4-2-3-9(7-10)8-14-6-5-11(15)13-12(14)16/h2-4,7H,5-6,8H2,1H3,(H,13,15,16). The van der Waals surface area contributed by atoms with Gasteiger partial charge in [0.1, 0.15) is 5.75 Å². The Morgan fingerprint density at radius 2 is 2.24 bits per heavy atom. The number of ether oxygens (including phenoxy) is 1. The maximum Gasteiger partial charge on any atom is 0.324 e. The highest BCUT2D eigenvalue weighted by molar-refractivity contribution is 5.96. The van der Waals surface area contributed by atoms with Crippen molar-refractivity contribution in [2.24, 2.45) is 0 Å². The summed E-state index contributed by atoms with van der Waals surface area (Å²) in [5.41, 5.74) is 0.980. The van der Waals surface area contributed by atoms with Gasteiger partial charge in [-0.15, -0.1) is 0 Å². The van der Waals surface area contributed by atoms with E-state index in [1.807, 2.05) is 24.3 Å². The number of hydrogen-bond donors (Lipinski definition) is 1. The molecule has 0 aliphatic carbocycles. The number of urea groups is 1. The molecule has 1 aromatic rings. The first-order chi connectivity index (χ1) is 8.19. The fraction of sp³-hybridized carbons (Fsp3) is 0.333. The van der Waals surface area contributed by atoms with Gasteiger partial charge in [0.2, 0.25) is 5.91 Å². The number of rotatable bonds is 3. The lowest BCUT2D eigenvalue weighted by atomic mass is 10.2. The fourth-order valence-corrected chi connectivity index (χ4v) is 1.74. The quantitative estimate of drug-likeness (QED) is 0.853. The second-order valence-electron chi connectivity index (χ2n) is 3.88. The predicted octanol–water partition coefficient (Wildman–Crippen LogP) is 1.14. The zero-order valence-corrected chi connectivity index (χ0v) is 9.60. The summed E-state index contributed by atoms with van der Waals surface area (Å²) in [5, 5.41) is 2.30. The number of nitrogens with zero attached hydrogens (tertiary/aromatic N) is 1. The van der Waals surface area contributed by atoms with Crippen LogP contribution in [-0.2, 0) is 11.3 Å². The van der Waals surface area contributed by atoms with E-state index in [2.05, 4.69) is 5.32 Å². The minimum absolute atomic E-state index is 0.211. The Bertz CT molecular complexity index is 445. The molecule has 0 bridgehead atoms. The SMILES string of the molecule is COc1cccc(CN2CCC(=O)NC2=O)c1. The van der Waals surface area contributed by atoms with E-state index in [4.69, 9.17) is 4.74 Å². The molecule has 17 heavy (non-hydrogen) atoms. The van der Waals surface area contributed by atoms with Gasteiger partial charge in [-0.2, -0.15) is 0 Å². The van der Waals surface area contributed by atoms with E-state index in [1.54, 1.807) is 12.0 Å². The van der Waals surface area contributed by atoms with E-state index in [0.29, 0.717) is 19.5 Å². The lowest BCUT2D eigenvalue weighted by Crippen LogP contribution is -2.48. The molecule has 1 aliphatic rings. The third-order valence-electron chi connectivity index (χ3n) is 2.65. The molecule has 1 fully saturated rings. The number of methoxy groups -OCH3 is 1. The first kappa shape index (κ1) is 11.4. The number of benzene rings is 1. The van der Waals surface area contributed by atoms with Gasteiger partial charge in [-0.3, -0.25) is 10.1 Å². The van der Waals surface area contributed by atoms with Gasteiger partial charge in [0.25, 0.3) is 0 Å². The van der Waals surface area contributed by atoms with Crippen LogP contribution in [0.15, 0.2) is 24.3 Å². The zero-order valence-electron chi connectivity index (χ0n) is 9.60. The van der Waals surface area contributed by atoms with Crippen molar-refractivity contribution in [3.63, 3.8) is 0 Å². The van der Waals surface area contributed by atoms with Crippen molar-refractivity contribution in [2.45, 2.75) is 13.0 Å². The summed E-state index contributed by atoms with van der Waals surface area (Å²) in [6, 6.07) is 7.20. The number of amides is 3.